The van der Waals surface area contributed by atoms with Crippen LogP contribution in [0.2, 0.25) is 0 Å². The molecule has 0 radical (unpaired) electrons. The maximum absolute atomic E-state index is 12.4. The van der Waals surface area contributed by atoms with Crippen LogP contribution in [0.15, 0.2) is 48.5 Å². The fourth-order valence-corrected chi connectivity index (χ4v) is 3.31. The molecule has 3 rings (SSSR count). The Morgan fingerprint density at radius 1 is 1.05 bits per heavy atom. The zero-order valence-electron chi connectivity index (χ0n) is 10.4. The summed E-state index contributed by atoms with van der Waals surface area (Å²) in [7, 11) is 0. The normalized spacial score (nSPS) is 10.8. The monoisotopic (exact) mass is 268 g/mol. The predicted octanol–water partition coefficient (Wildman–Crippen LogP) is 4.15. The Kier molecular flexibility index (Phi) is 2.84. The summed E-state index contributed by atoms with van der Waals surface area (Å²) in [6, 6.07) is 14.8. The summed E-state index contributed by atoms with van der Waals surface area (Å²) in [5.74, 6) is -0.0225. The summed E-state index contributed by atoms with van der Waals surface area (Å²) in [6.45, 7) is 1.94. The average Bonchev–Trinajstić information content (AvgIpc) is 2.78. The van der Waals surface area contributed by atoms with Crippen molar-refractivity contribution in [1.82, 2.24) is 0 Å². The number of rotatable bonds is 2. The third kappa shape index (κ3) is 1.92. The maximum Gasteiger partial charge on any atom is 0.206 e. The van der Waals surface area contributed by atoms with Crippen LogP contribution in [0.3, 0.4) is 0 Å². The van der Waals surface area contributed by atoms with Gasteiger partial charge < -0.3 is 5.11 Å². The molecule has 94 valence electrons. The fraction of sp³-hybridized carbons (Fsp3) is 0.0625. The lowest BCUT2D eigenvalue weighted by Crippen LogP contribution is -1.97. The largest absolute Gasteiger partial charge is 0.506 e. The molecule has 2 aromatic carbocycles. The van der Waals surface area contributed by atoms with Gasteiger partial charge in [-0.2, -0.15) is 0 Å². The lowest BCUT2D eigenvalue weighted by Gasteiger charge is -1.99. The highest BCUT2D eigenvalue weighted by Crippen LogP contribution is 2.39. The van der Waals surface area contributed by atoms with E-state index in [1.54, 1.807) is 12.1 Å². The molecule has 0 aliphatic carbocycles. The fourth-order valence-electron chi connectivity index (χ4n) is 2.18. The molecule has 3 aromatic rings. The number of carbonyl (C=O) groups excluding carboxylic acids is 1. The Balaban J connectivity index is 2.19. The zero-order valence-corrected chi connectivity index (χ0v) is 11.2. The molecule has 0 aliphatic heterocycles. The number of carbonyl (C=O) groups is 1. The zero-order chi connectivity index (χ0) is 13.4. The molecular weight excluding hydrogens is 256 g/mol. The second kappa shape index (κ2) is 4.52. The molecule has 3 heteroatoms. The van der Waals surface area contributed by atoms with Crippen LogP contribution >= 0.6 is 11.3 Å². The van der Waals surface area contributed by atoms with Gasteiger partial charge in [-0.05, 0) is 18.6 Å². The van der Waals surface area contributed by atoms with Gasteiger partial charge in [0.2, 0.25) is 5.78 Å². The minimum absolute atomic E-state index is 0.104. The molecule has 1 N–H and O–H groups in total. The standard InChI is InChI=1S/C16H12O2S/c1-10-6-5-9-12-13(10)15(18)16(19-12)14(17)11-7-3-2-4-8-11/h2-9,18H,1H3. The lowest BCUT2D eigenvalue weighted by atomic mass is 10.1. The minimum atomic E-state index is -0.126. The van der Waals surface area contributed by atoms with E-state index in [1.807, 2.05) is 43.3 Å². The van der Waals surface area contributed by atoms with Crippen LogP contribution < -0.4 is 0 Å². The number of benzene rings is 2. The van der Waals surface area contributed by atoms with Gasteiger partial charge in [0, 0.05) is 15.6 Å². The molecular formula is C16H12O2S. The molecule has 2 nitrogen and oxygen atoms in total. The van der Waals surface area contributed by atoms with Crippen molar-refractivity contribution < 1.29 is 9.90 Å². The highest BCUT2D eigenvalue weighted by Gasteiger charge is 2.19. The predicted molar refractivity (Wildman–Crippen MR) is 78.1 cm³/mol. The van der Waals surface area contributed by atoms with Gasteiger partial charge in [0.25, 0.3) is 0 Å². The Labute approximate surface area is 114 Å². The molecule has 19 heavy (non-hydrogen) atoms. The van der Waals surface area contributed by atoms with Crippen LogP contribution in [-0.4, -0.2) is 10.9 Å². The van der Waals surface area contributed by atoms with Crippen molar-refractivity contribution in [2.75, 3.05) is 0 Å². The molecule has 0 saturated heterocycles. The Hall–Kier alpha value is -2.13. The van der Waals surface area contributed by atoms with E-state index >= 15 is 0 Å². The molecule has 0 fully saturated rings. The quantitative estimate of drug-likeness (QED) is 0.709. The summed E-state index contributed by atoms with van der Waals surface area (Å²) >= 11 is 1.34. The topological polar surface area (TPSA) is 37.3 Å². The van der Waals surface area contributed by atoms with E-state index in [9.17, 15) is 9.90 Å². The van der Waals surface area contributed by atoms with Crippen LogP contribution in [0.5, 0.6) is 5.75 Å². The van der Waals surface area contributed by atoms with E-state index < -0.39 is 0 Å². The molecule has 1 aromatic heterocycles. The van der Waals surface area contributed by atoms with Crippen LogP contribution in [0.1, 0.15) is 20.8 Å². The first-order chi connectivity index (χ1) is 9.18. The third-order valence-corrected chi connectivity index (χ3v) is 4.28. The third-order valence-electron chi connectivity index (χ3n) is 3.14. The Morgan fingerprint density at radius 3 is 2.47 bits per heavy atom. The van der Waals surface area contributed by atoms with Gasteiger partial charge >= 0.3 is 0 Å². The van der Waals surface area contributed by atoms with E-state index in [0.717, 1.165) is 15.6 Å². The molecule has 0 saturated carbocycles. The number of hydrogen-bond acceptors (Lipinski definition) is 3. The van der Waals surface area contributed by atoms with Gasteiger partial charge in [-0.25, -0.2) is 0 Å². The van der Waals surface area contributed by atoms with Crippen LogP contribution in [0.25, 0.3) is 10.1 Å². The molecule has 0 aliphatic rings. The van der Waals surface area contributed by atoms with Crippen molar-refractivity contribution >= 4 is 27.2 Å². The van der Waals surface area contributed by atoms with Crippen LogP contribution in [0.4, 0.5) is 0 Å². The SMILES string of the molecule is Cc1cccc2sc(C(=O)c3ccccc3)c(O)c12. The smallest absolute Gasteiger partial charge is 0.206 e. The molecule has 0 atom stereocenters. The van der Waals surface area contributed by atoms with Crippen molar-refractivity contribution in [3.8, 4) is 5.75 Å². The van der Waals surface area contributed by atoms with E-state index in [4.69, 9.17) is 0 Å². The van der Waals surface area contributed by atoms with Gasteiger partial charge in [0.1, 0.15) is 10.6 Å². The first kappa shape index (κ1) is 11.9. The molecule has 0 bridgehead atoms. The van der Waals surface area contributed by atoms with Crippen molar-refractivity contribution in [2.45, 2.75) is 6.92 Å². The number of fused-ring (bicyclic) bond motifs is 1. The molecule has 0 unspecified atom stereocenters. The summed E-state index contributed by atoms with van der Waals surface area (Å²) in [5.41, 5.74) is 1.58. The molecule has 0 amide bonds. The number of hydrogen-bond donors (Lipinski definition) is 1. The number of thiophene rings is 1. The number of aromatic hydroxyl groups is 1. The van der Waals surface area contributed by atoms with E-state index in [0.29, 0.717) is 10.4 Å². The first-order valence-electron chi connectivity index (χ1n) is 5.99. The van der Waals surface area contributed by atoms with Gasteiger partial charge in [-0.15, -0.1) is 11.3 Å². The average molecular weight is 268 g/mol. The van der Waals surface area contributed by atoms with E-state index in [1.165, 1.54) is 11.3 Å². The maximum atomic E-state index is 12.4. The van der Waals surface area contributed by atoms with Gasteiger partial charge in [-0.3, -0.25) is 4.79 Å². The Bertz CT molecular complexity index is 757. The highest BCUT2D eigenvalue weighted by atomic mass is 32.1. The van der Waals surface area contributed by atoms with Crippen molar-refractivity contribution in [1.29, 1.82) is 0 Å². The van der Waals surface area contributed by atoms with Gasteiger partial charge in [0.05, 0.1) is 0 Å². The summed E-state index contributed by atoms with van der Waals surface area (Å²) in [5, 5.41) is 11.1. The van der Waals surface area contributed by atoms with E-state index in [-0.39, 0.29) is 11.5 Å². The first-order valence-corrected chi connectivity index (χ1v) is 6.81. The van der Waals surface area contributed by atoms with Crippen molar-refractivity contribution in [3.63, 3.8) is 0 Å². The number of ketones is 1. The second-order valence-electron chi connectivity index (χ2n) is 4.42. The van der Waals surface area contributed by atoms with Crippen molar-refractivity contribution in [3.05, 3.63) is 64.5 Å². The van der Waals surface area contributed by atoms with Gasteiger partial charge in [0.15, 0.2) is 0 Å². The molecule has 0 spiro atoms. The minimum Gasteiger partial charge on any atom is -0.506 e. The highest BCUT2D eigenvalue weighted by molar-refractivity contribution is 7.21. The van der Waals surface area contributed by atoms with Crippen LogP contribution in [0, 0.1) is 6.92 Å². The lowest BCUT2D eigenvalue weighted by molar-refractivity contribution is 0.104. The van der Waals surface area contributed by atoms with Crippen LogP contribution in [-0.2, 0) is 0 Å². The molecule has 1 heterocycles. The summed E-state index contributed by atoms with van der Waals surface area (Å²) in [4.78, 5) is 12.8. The Morgan fingerprint density at radius 2 is 1.79 bits per heavy atom. The summed E-state index contributed by atoms with van der Waals surface area (Å²) in [6.07, 6.45) is 0. The van der Waals surface area contributed by atoms with Gasteiger partial charge in [-0.1, -0.05) is 42.5 Å². The van der Waals surface area contributed by atoms with E-state index in [2.05, 4.69) is 0 Å². The number of aryl methyl sites for hydroxylation is 1. The second-order valence-corrected chi connectivity index (χ2v) is 5.48. The summed E-state index contributed by atoms with van der Waals surface area (Å²) < 4.78 is 0.941. The van der Waals surface area contributed by atoms with Crippen molar-refractivity contribution in [2.24, 2.45) is 0 Å².